The molecule has 6 aromatic rings. The quantitative estimate of drug-likeness (QED) is 0.276. The van der Waals surface area contributed by atoms with Crippen LogP contribution in [0, 0.1) is 6.92 Å². The van der Waals surface area contributed by atoms with Crippen LogP contribution in [0.5, 0.6) is 0 Å². The third-order valence-electron chi connectivity index (χ3n) is 6.34. The van der Waals surface area contributed by atoms with Crippen LogP contribution in [-0.4, -0.2) is 4.57 Å². The van der Waals surface area contributed by atoms with E-state index < -0.39 is 0 Å². The molecule has 6 rings (SSSR count). The van der Waals surface area contributed by atoms with Crippen LogP contribution in [0.15, 0.2) is 121 Å². The Kier molecular flexibility index (Phi) is 4.40. The third-order valence-corrected chi connectivity index (χ3v) is 6.34. The van der Waals surface area contributed by atoms with Crippen LogP contribution in [0.4, 0.5) is 0 Å². The molecule has 0 bridgehead atoms. The lowest BCUT2D eigenvalue weighted by atomic mass is 9.89. The first-order chi connectivity index (χ1) is 15.8. The maximum absolute atomic E-state index is 2.38. The van der Waals surface area contributed by atoms with Gasteiger partial charge in [-0.3, -0.25) is 0 Å². The van der Waals surface area contributed by atoms with E-state index >= 15 is 0 Å². The number of benzene rings is 5. The molecule has 1 nitrogen and oxygen atoms in total. The summed E-state index contributed by atoms with van der Waals surface area (Å²) in [5, 5.41) is 2.58. The van der Waals surface area contributed by atoms with Crippen LogP contribution in [0.2, 0.25) is 0 Å². The summed E-state index contributed by atoms with van der Waals surface area (Å²) in [5.41, 5.74) is 10.0. The molecule has 0 aliphatic carbocycles. The zero-order valence-electron chi connectivity index (χ0n) is 18.0. The van der Waals surface area contributed by atoms with Crippen LogP contribution >= 0.6 is 0 Å². The van der Waals surface area contributed by atoms with Gasteiger partial charge in [0, 0.05) is 16.5 Å². The summed E-state index contributed by atoms with van der Waals surface area (Å²) in [6.07, 6.45) is 0. The second-order valence-corrected chi connectivity index (χ2v) is 8.25. The van der Waals surface area contributed by atoms with Gasteiger partial charge in [-0.2, -0.15) is 0 Å². The number of hydrogen-bond acceptors (Lipinski definition) is 0. The molecule has 0 radical (unpaired) electrons. The van der Waals surface area contributed by atoms with Gasteiger partial charge in [-0.15, -0.1) is 0 Å². The SMILES string of the molecule is Cc1cccc(-c2cccc3c2c2ccccc2n3-c2ccccc2)c1-c1ccccc1. The predicted molar refractivity (Wildman–Crippen MR) is 136 cm³/mol. The van der Waals surface area contributed by atoms with E-state index in [1.54, 1.807) is 0 Å². The Morgan fingerprint density at radius 1 is 0.500 bits per heavy atom. The topological polar surface area (TPSA) is 4.93 Å². The first kappa shape index (κ1) is 18.7. The van der Waals surface area contributed by atoms with Crippen LogP contribution in [-0.2, 0) is 0 Å². The maximum atomic E-state index is 2.38. The summed E-state index contributed by atoms with van der Waals surface area (Å²) < 4.78 is 2.38. The van der Waals surface area contributed by atoms with E-state index in [-0.39, 0.29) is 0 Å². The fraction of sp³-hybridized carbons (Fsp3) is 0.0323. The molecule has 0 aliphatic heterocycles. The molecule has 152 valence electrons. The van der Waals surface area contributed by atoms with Crippen molar-refractivity contribution in [1.82, 2.24) is 4.57 Å². The highest BCUT2D eigenvalue weighted by atomic mass is 15.0. The molecule has 1 heterocycles. The zero-order valence-corrected chi connectivity index (χ0v) is 18.0. The van der Waals surface area contributed by atoms with E-state index in [4.69, 9.17) is 0 Å². The van der Waals surface area contributed by atoms with Gasteiger partial charge in [-0.05, 0) is 59.0 Å². The van der Waals surface area contributed by atoms with Gasteiger partial charge < -0.3 is 4.57 Å². The van der Waals surface area contributed by atoms with Gasteiger partial charge in [0.05, 0.1) is 11.0 Å². The molecule has 0 aliphatic rings. The van der Waals surface area contributed by atoms with Gasteiger partial charge in [-0.1, -0.05) is 97.1 Å². The highest BCUT2D eigenvalue weighted by molar-refractivity contribution is 6.16. The molecule has 0 fully saturated rings. The number of aromatic nitrogens is 1. The van der Waals surface area contributed by atoms with Gasteiger partial charge >= 0.3 is 0 Å². The molecule has 32 heavy (non-hydrogen) atoms. The van der Waals surface area contributed by atoms with E-state index in [0.717, 1.165) is 0 Å². The van der Waals surface area contributed by atoms with Crippen molar-refractivity contribution in [2.75, 3.05) is 0 Å². The van der Waals surface area contributed by atoms with Crippen LogP contribution in [0.25, 0.3) is 49.7 Å². The summed E-state index contributed by atoms with van der Waals surface area (Å²) >= 11 is 0. The highest BCUT2D eigenvalue weighted by Crippen LogP contribution is 2.42. The minimum absolute atomic E-state index is 1.18. The molecule has 0 N–H and O–H groups in total. The van der Waals surface area contributed by atoms with Gasteiger partial charge in [0.1, 0.15) is 0 Å². The maximum Gasteiger partial charge on any atom is 0.0547 e. The molecule has 0 unspecified atom stereocenters. The lowest BCUT2D eigenvalue weighted by Crippen LogP contribution is -1.93. The van der Waals surface area contributed by atoms with E-state index in [1.807, 2.05) is 0 Å². The molecule has 0 saturated carbocycles. The first-order valence-corrected chi connectivity index (χ1v) is 11.1. The number of nitrogens with zero attached hydrogens (tertiary/aromatic N) is 1. The Labute approximate surface area is 188 Å². The highest BCUT2D eigenvalue weighted by Gasteiger charge is 2.18. The summed E-state index contributed by atoms with van der Waals surface area (Å²) in [6.45, 7) is 2.21. The van der Waals surface area contributed by atoms with Gasteiger partial charge in [0.15, 0.2) is 0 Å². The van der Waals surface area contributed by atoms with Crippen molar-refractivity contribution in [2.45, 2.75) is 6.92 Å². The van der Waals surface area contributed by atoms with E-state index in [9.17, 15) is 0 Å². The zero-order chi connectivity index (χ0) is 21.5. The third kappa shape index (κ3) is 2.86. The lowest BCUT2D eigenvalue weighted by Gasteiger charge is -2.15. The summed E-state index contributed by atoms with van der Waals surface area (Å²) in [7, 11) is 0. The Balaban J connectivity index is 1.74. The lowest BCUT2D eigenvalue weighted by molar-refractivity contribution is 1.18. The van der Waals surface area contributed by atoms with Gasteiger partial charge in [0.25, 0.3) is 0 Å². The smallest absolute Gasteiger partial charge is 0.0547 e. The van der Waals surface area contributed by atoms with Crippen molar-refractivity contribution in [3.63, 3.8) is 0 Å². The predicted octanol–water partition coefficient (Wildman–Crippen LogP) is 8.43. The van der Waals surface area contributed by atoms with Crippen molar-refractivity contribution >= 4 is 21.8 Å². The monoisotopic (exact) mass is 409 g/mol. The van der Waals surface area contributed by atoms with Gasteiger partial charge in [-0.25, -0.2) is 0 Å². The molecule has 1 heteroatoms. The largest absolute Gasteiger partial charge is 0.309 e. The second-order valence-electron chi connectivity index (χ2n) is 8.25. The minimum Gasteiger partial charge on any atom is -0.309 e. The molecule has 5 aromatic carbocycles. The average Bonchev–Trinajstić information content (AvgIpc) is 3.19. The van der Waals surface area contributed by atoms with Crippen molar-refractivity contribution in [2.24, 2.45) is 0 Å². The summed E-state index contributed by atoms with van der Waals surface area (Å²) in [5.74, 6) is 0. The normalized spacial score (nSPS) is 11.3. The number of hydrogen-bond donors (Lipinski definition) is 0. The molecule has 0 saturated heterocycles. The summed E-state index contributed by atoms with van der Waals surface area (Å²) in [6, 6.07) is 43.5. The van der Waals surface area contributed by atoms with Crippen molar-refractivity contribution < 1.29 is 0 Å². The minimum atomic E-state index is 1.18. The molecule has 1 aromatic heterocycles. The Hall–Kier alpha value is -4.10. The molecule has 0 atom stereocenters. The van der Waals surface area contributed by atoms with E-state index in [0.29, 0.717) is 0 Å². The molecular formula is C31H23N. The fourth-order valence-electron chi connectivity index (χ4n) is 4.98. The van der Waals surface area contributed by atoms with Crippen molar-refractivity contribution in [3.05, 3.63) is 127 Å². The Morgan fingerprint density at radius 2 is 1.12 bits per heavy atom. The first-order valence-electron chi connectivity index (χ1n) is 11.1. The fourth-order valence-corrected chi connectivity index (χ4v) is 4.98. The second kappa shape index (κ2) is 7.55. The van der Waals surface area contributed by atoms with Crippen LogP contribution < -0.4 is 0 Å². The van der Waals surface area contributed by atoms with Gasteiger partial charge in [0.2, 0.25) is 0 Å². The van der Waals surface area contributed by atoms with Crippen LogP contribution in [0.1, 0.15) is 5.56 Å². The van der Waals surface area contributed by atoms with E-state index in [2.05, 4.69) is 133 Å². The summed E-state index contributed by atoms with van der Waals surface area (Å²) in [4.78, 5) is 0. The molecule has 0 amide bonds. The number of para-hydroxylation sites is 2. The van der Waals surface area contributed by atoms with Crippen LogP contribution in [0.3, 0.4) is 0 Å². The Bertz CT molecular complexity index is 1560. The molecular weight excluding hydrogens is 386 g/mol. The number of fused-ring (bicyclic) bond motifs is 3. The number of rotatable bonds is 3. The Morgan fingerprint density at radius 3 is 1.94 bits per heavy atom. The van der Waals surface area contributed by atoms with Crippen molar-refractivity contribution in [1.29, 1.82) is 0 Å². The number of aryl methyl sites for hydroxylation is 1. The molecule has 0 spiro atoms. The standard InChI is InChI=1S/C31H23N/c1-22-12-10-18-25(30(22)23-13-4-2-5-14-23)26-19-11-21-29-31(26)27-17-8-9-20-28(27)32(29)24-15-6-3-7-16-24/h2-21H,1H3. The average molecular weight is 410 g/mol. The van der Waals surface area contributed by atoms with Crippen molar-refractivity contribution in [3.8, 4) is 27.9 Å². The van der Waals surface area contributed by atoms with E-state index in [1.165, 1.54) is 55.3 Å².